The van der Waals surface area contributed by atoms with Crippen LogP contribution in [0.25, 0.3) is 6.08 Å². The van der Waals surface area contributed by atoms with Crippen LogP contribution < -0.4 is 0 Å². The van der Waals surface area contributed by atoms with Crippen LogP contribution in [0.5, 0.6) is 0 Å². The maximum atomic E-state index is 12.0. The summed E-state index contributed by atoms with van der Waals surface area (Å²) < 4.78 is 29.3. The van der Waals surface area contributed by atoms with Gasteiger partial charge in [0.05, 0.1) is 0 Å². The Labute approximate surface area is 140 Å². The summed E-state index contributed by atoms with van der Waals surface area (Å²) in [4.78, 5) is -2.45. The van der Waals surface area contributed by atoms with E-state index in [-0.39, 0.29) is 28.4 Å². The van der Waals surface area contributed by atoms with Crippen molar-refractivity contribution in [1.29, 1.82) is 0 Å². The third kappa shape index (κ3) is 3.08. The van der Waals surface area contributed by atoms with Crippen molar-refractivity contribution < 1.29 is 28.3 Å². The molecule has 2 aliphatic carbocycles. The molecule has 2 atom stereocenters. The monoisotopic (exact) mass is 419 g/mol. The van der Waals surface area contributed by atoms with Crippen LogP contribution in [0.15, 0.2) is 51.9 Å². The summed E-state index contributed by atoms with van der Waals surface area (Å²) >= 11 is -3.67. The first-order valence-electron chi connectivity index (χ1n) is 6.27. The zero-order chi connectivity index (χ0) is 13.5. The third-order valence-electron chi connectivity index (χ3n) is 3.97. The molecule has 1 aromatic carbocycles. The van der Waals surface area contributed by atoms with E-state index in [9.17, 15) is 9.13 Å². The van der Waals surface area contributed by atoms with Crippen molar-refractivity contribution in [2.24, 2.45) is 0 Å². The van der Waals surface area contributed by atoms with Crippen molar-refractivity contribution in [1.82, 2.24) is 0 Å². The molecule has 2 nitrogen and oxygen atoms in total. The molecule has 0 aromatic heterocycles. The van der Waals surface area contributed by atoms with Crippen molar-refractivity contribution in [3.05, 3.63) is 63.0 Å². The second-order valence-corrected chi connectivity index (χ2v) is 20.6. The van der Waals surface area contributed by atoms with E-state index < -0.39 is 24.2 Å². The van der Waals surface area contributed by atoms with Gasteiger partial charge >= 0.3 is 117 Å². The van der Waals surface area contributed by atoms with Gasteiger partial charge in [0.15, 0.2) is 0 Å². The molecule has 0 radical (unpaired) electrons. The van der Waals surface area contributed by atoms with Crippen LogP contribution in [0, 0.1) is 0 Å². The molecule has 2 unspecified atom stereocenters. The Kier molecular flexibility index (Phi) is 6.50. The van der Waals surface area contributed by atoms with Crippen LogP contribution >= 0.6 is 29.8 Å². The molecular formula is C15H16Cl2O2PZr. The van der Waals surface area contributed by atoms with Crippen LogP contribution in [-0.2, 0) is 28.3 Å². The topological polar surface area (TPSA) is 34.1 Å². The molecule has 111 valence electrons. The molecule has 0 saturated carbocycles. The quantitative estimate of drug-likeness (QED) is 0.636. The molecule has 0 amide bonds. The molecule has 2 aliphatic rings. The Balaban J connectivity index is 0.00000110. The van der Waals surface area contributed by atoms with E-state index in [2.05, 4.69) is 10.3 Å². The normalized spacial score (nSPS) is 20.8. The van der Waals surface area contributed by atoms with Crippen molar-refractivity contribution in [2.75, 3.05) is 0 Å². The Morgan fingerprint density at radius 2 is 1.90 bits per heavy atom. The molecule has 0 fully saturated rings. The van der Waals surface area contributed by atoms with Crippen LogP contribution in [-0.4, -0.2) is 4.21 Å². The Morgan fingerprint density at radius 1 is 1.19 bits per heavy atom. The molecule has 3 rings (SSSR count). The number of halogens is 2. The summed E-state index contributed by atoms with van der Waals surface area (Å²) in [5.41, 5.74) is 2.28. The molecule has 6 heteroatoms. The van der Waals surface area contributed by atoms with Crippen LogP contribution in [0.4, 0.5) is 0 Å². The van der Waals surface area contributed by atoms with Gasteiger partial charge in [-0.05, 0) is 0 Å². The fourth-order valence-corrected chi connectivity index (χ4v) is 15.1. The Hall–Kier alpha value is -0.327. The zero-order valence-electron chi connectivity index (χ0n) is 11.3. The SMILES string of the molecule is Cl.Cl.[CH2]=[Zr]([C]1=CC=CC1)([CH]1C=Cc2ccccc21)[P](=O)=O. The van der Waals surface area contributed by atoms with E-state index in [1.165, 1.54) is 0 Å². The van der Waals surface area contributed by atoms with Crippen LogP contribution in [0.2, 0.25) is 0 Å². The molecule has 0 bridgehead atoms. The molecule has 0 N–H and O–H groups in total. The van der Waals surface area contributed by atoms with Crippen LogP contribution in [0.1, 0.15) is 21.2 Å². The van der Waals surface area contributed by atoms with E-state index in [1.54, 1.807) is 0 Å². The summed E-state index contributed by atoms with van der Waals surface area (Å²) in [6, 6.07) is 8.04. The number of rotatable bonds is 3. The molecule has 0 aliphatic heterocycles. The maximum absolute atomic E-state index is 12.0. The van der Waals surface area contributed by atoms with E-state index >= 15 is 0 Å². The van der Waals surface area contributed by atoms with Gasteiger partial charge in [0.1, 0.15) is 0 Å². The number of hydrogen-bond donors (Lipinski definition) is 0. The first kappa shape index (κ1) is 18.7. The number of benzene rings is 1. The molecule has 1 aromatic rings. The van der Waals surface area contributed by atoms with Crippen LogP contribution in [0.3, 0.4) is 0 Å². The Morgan fingerprint density at radius 3 is 2.52 bits per heavy atom. The number of fused-ring (bicyclic) bond motifs is 1. The summed E-state index contributed by atoms with van der Waals surface area (Å²) in [6.07, 6.45) is 10.8. The third-order valence-corrected chi connectivity index (χ3v) is 20.2. The molecular weight excluding hydrogens is 405 g/mol. The summed E-state index contributed by atoms with van der Waals surface area (Å²) in [5.74, 6) is 0. The van der Waals surface area contributed by atoms with Gasteiger partial charge in [-0.3, -0.25) is 0 Å². The molecule has 0 spiro atoms. The second kappa shape index (κ2) is 7.29. The zero-order valence-corrected chi connectivity index (χ0v) is 16.3. The van der Waals surface area contributed by atoms with Crippen molar-refractivity contribution in [3.8, 4) is 0 Å². The van der Waals surface area contributed by atoms with Gasteiger partial charge < -0.3 is 0 Å². The average molecular weight is 421 g/mol. The van der Waals surface area contributed by atoms with E-state index in [0.717, 1.165) is 20.8 Å². The van der Waals surface area contributed by atoms with E-state index in [4.69, 9.17) is 0 Å². The molecule has 0 heterocycles. The van der Waals surface area contributed by atoms with E-state index in [0.29, 0.717) is 0 Å². The van der Waals surface area contributed by atoms with Gasteiger partial charge in [-0.25, -0.2) is 0 Å². The van der Waals surface area contributed by atoms with Crippen molar-refractivity contribution >= 4 is 40.1 Å². The Bertz CT molecular complexity index is 740. The standard InChI is InChI=1S/C9H7.C5H5.CH2.2ClH.O2P.Zr/c1-2-5-9-7-3-6-8(9)4-1;1-2-4-5-3-1;;;;1-3-2;/h1-7H;1-3H,4H2;1H2;2*1H;;. The summed E-state index contributed by atoms with van der Waals surface area (Å²) in [5, 5.41) is 0. The fraction of sp³-hybridized carbons (Fsp3) is 0.133. The molecule has 0 saturated heterocycles. The number of hydrogen-bond acceptors (Lipinski definition) is 2. The minimum absolute atomic E-state index is 0. The minimum atomic E-state index is -3.67. The van der Waals surface area contributed by atoms with Gasteiger partial charge in [-0.1, -0.05) is 0 Å². The second-order valence-electron chi connectivity index (χ2n) is 4.97. The van der Waals surface area contributed by atoms with Gasteiger partial charge in [0.25, 0.3) is 0 Å². The summed E-state index contributed by atoms with van der Waals surface area (Å²) in [6.45, 7) is 0. The van der Waals surface area contributed by atoms with Gasteiger partial charge in [0.2, 0.25) is 0 Å². The van der Waals surface area contributed by atoms with Crippen molar-refractivity contribution in [3.63, 3.8) is 0 Å². The van der Waals surface area contributed by atoms with Gasteiger partial charge in [-0.15, -0.1) is 24.8 Å². The number of allylic oxidation sites excluding steroid dienone is 5. The predicted octanol–water partition coefficient (Wildman–Crippen LogP) is 5.12. The first-order chi connectivity index (χ1) is 9.14. The van der Waals surface area contributed by atoms with Gasteiger partial charge in [0, 0.05) is 0 Å². The average Bonchev–Trinajstić information content (AvgIpc) is 3.07. The summed E-state index contributed by atoms with van der Waals surface area (Å²) in [7, 11) is 0. The fourth-order valence-electron chi connectivity index (χ4n) is 2.86. The first-order valence-corrected chi connectivity index (χ1v) is 15.1. The predicted molar refractivity (Wildman–Crippen MR) is 90.0 cm³/mol. The molecule has 21 heavy (non-hydrogen) atoms. The van der Waals surface area contributed by atoms with E-state index in [1.807, 2.05) is 48.6 Å². The van der Waals surface area contributed by atoms with Crippen molar-refractivity contribution in [2.45, 2.75) is 10.0 Å². The van der Waals surface area contributed by atoms with Gasteiger partial charge in [-0.2, -0.15) is 0 Å².